The van der Waals surface area contributed by atoms with Gasteiger partial charge in [0.05, 0.1) is 13.2 Å². The van der Waals surface area contributed by atoms with Crippen LogP contribution in [0, 0.1) is 5.92 Å². The van der Waals surface area contributed by atoms with Crippen molar-refractivity contribution in [1.82, 2.24) is 0 Å². The van der Waals surface area contributed by atoms with Crippen molar-refractivity contribution >= 4 is 5.97 Å². The van der Waals surface area contributed by atoms with E-state index in [4.69, 9.17) is 4.74 Å². The molecule has 1 atom stereocenters. The highest BCUT2D eigenvalue weighted by Crippen LogP contribution is 2.15. The zero-order valence-electron chi connectivity index (χ0n) is 9.66. The summed E-state index contributed by atoms with van der Waals surface area (Å²) in [4.78, 5) is 10.9. The van der Waals surface area contributed by atoms with Gasteiger partial charge in [-0.1, -0.05) is 19.4 Å². The SMILES string of the molecule is COC(=O)/C=C(/C)CC(OC)C(C)C. The molecule has 0 rings (SSSR count). The normalized spacial score (nSPS) is 14.3. The molecule has 0 aromatic rings. The fourth-order valence-electron chi connectivity index (χ4n) is 1.23. The molecule has 0 spiro atoms. The minimum absolute atomic E-state index is 0.163. The molecule has 0 aromatic heterocycles. The Kier molecular flexibility index (Phi) is 6.21. The van der Waals surface area contributed by atoms with E-state index in [0.717, 1.165) is 12.0 Å². The molecule has 0 saturated heterocycles. The van der Waals surface area contributed by atoms with E-state index in [0.29, 0.717) is 5.92 Å². The summed E-state index contributed by atoms with van der Waals surface area (Å²) in [6, 6.07) is 0. The highest BCUT2D eigenvalue weighted by Gasteiger charge is 2.12. The third kappa shape index (κ3) is 5.02. The van der Waals surface area contributed by atoms with E-state index in [-0.39, 0.29) is 12.1 Å². The molecular weight excluding hydrogens is 180 g/mol. The van der Waals surface area contributed by atoms with E-state index in [9.17, 15) is 4.79 Å². The van der Waals surface area contributed by atoms with Crippen LogP contribution in [0.5, 0.6) is 0 Å². The Labute approximate surface area is 86.1 Å². The number of rotatable bonds is 5. The quantitative estimate of drug-likeness (QED) is 0.504. The molecule has 0 heterocycles. The number of hydrogen-bond acceptors (Lipinski definition) is 3. The van der Waals surface area contributed by atoms with Crippen LogP contribution in [-0.2, 0) is 14.3 Å². The van der Waals surface area contributed by atoms with E-state index in [2.05, 4.69) is 18.6 Å². The Morgan fingerprint density at radius 1 is 1.36 bits per heavy atom. The van der Waals surface area contributed by atoms with Crippen LogP contribution in [0.2, 0.25) is 0 Å². The molecule has 0 aliphatic rings. The second-order valence-corrected chi connectivity index (χ2v) is 3.74. The molecule has 1 unspecified atom stereocenters. The molecule has 0 N–H and O–H groups in total. The summed E-state index contributed by atoms with van der Waals surface area (Å²) in [6.45, 7) is 6.10. The minimum Gasteiger partial charge on any atom is -0.466 e. The van der Waals surface area contributed by atoms with Gasteiger partial charge in [0, 0.05) is 13.2 Å². The molecule has 0 aliphatic heterocycles. The predicted octanol–water partition coefficient (Wildman–Crippen LogP) is 2.17. The highest BCUT2D eigenvalue weighted by atomic mass is 16.5. The van der Waals surface area contributed by atoms with Crippen LogP contribution in [0.3, 0.4) is 0 Å². The molecule has 0 amide bonds. The van der Waals surface area contributed by atoms with Gasteiger partial charge in [-0.2, -0.15) is 0 Å². The molecule has 0 radical (unpaired) electrons. The lowest BCUT2D eigenvalue weighted by Gasteiger charge is -2.19. The van der Waals surface area contributed by atoms with Gasteiger partial charge < -0.3 is 9.47 Å². The van der Waals surface area contributed by atoms with E-state index < -0.39 is 0 Å². The maximum absolute atomic E-state index is 10.9. The molecule has 0 aliphatic carbocycles. The lowest BCUT2D eigenvalue weighted by Crippen LogP contribution is -2.18. The summed E-state index contributed by atoms with van der Waals surface area (Å²) in [5.74, 6) is 0.141. The van der Waals surface area contributed by atoms with Crippen molar-refractivity contribution in [3.8, 4) is 0 Å². The summed E-state index contributed by atoms with van der Waals surface area (Å²) >= 11 is 0. The molecule has 0 fully saturated rings. The molecule has 14 heavy (non-hydrogen) atoms. The Hall–Kier alpha value is -0.830. The topological polar surface area (TPSA) is 35.5 Å². The summed E-state index contributed by atoms with van der Waals surface area (Å²) in [6.07, 6.45) is 2.44. The van der Waals surface area contributed by atoms with Crippen LogP contribution in [0.4, 0.5) is 0 Å². The van der Waals surface area contributed by atoms with Gasteiger partial charge in [-0.25, -0.2) is 4.79 Å². The van der Waals surface area contributed by atoms with Crippen molar-refractivity contribution in [3.05, 3.63) is 11.6 Å². The van der Waals surface area contributed by atoms with E-state index in [1.807, 2.05) is 6.92 Å². The number of carbonyl (C=O) groups excluding carboxylic acids is 1. The van der Waals surface area contributed by atoms with Gasteiger partial charge in [0.15, 0.2) is 0 Å². The third-order valence-corrected chi connectivity index (χ3v) is 2.13. The number of ether oxygens (including phenoxy) is 2. The second kappa shape index (κ2) is 6.60. The first-order valence-electron chi connectivity index (χ1n) is 4.79. The smallest absolute Gasteiger partial charge is 0.330 e. The maximum atomic E-state index is 10.9. The van der Waals surface area contributed by atoms with Gasteiger partial charge >= 0.3 is 5.97 Å². The van der Waals surface area contributed by atoms with E-state index >= 15 is 0 Å². The van der Waals surface area contributed by atoms with Gasteiger partial charge in [-0.05, 0) is 19.3 Å². The van der Waals surface area contributed by atoms with Gasteiger partial charge in [-0.15, -0.1) is 0 Å². The molecular formula is C11H20O3. The van der Waals surface area contributed by atoms with Crippen molar-refractivity contribution in [1.29, 1.82) is 0 Å². The Balaban J connectivity index is 4.21. The Bertz CT molecular complexity index is 207. The van der Waals surface area contributed by atoms with Crippen LogP contribution >= 0.6 is 0 Å². The van der Waals surface area contributed by atoms with Crippen molar-refractivity contribution in [3.63, 3.8) is 0 Å². The maximum Gasteiger partial charge on any atom is 0.330 e. The van der Waals surface area contributed by atoms with Gasteiger partial charge in [0.2, 0.25) is 0 Å². The molecule has 0 saturated carbocycles. The van der Waals surface area contributed by atoms with Gasteiger partial charge in [-0.3, -0.25) is 0 Å². The second-order valence-electron chi connectivity index (χ2n) is 3.74. The first kappa shape index (κ1) is 13.2. The van der Waals surface area contributed by atoms with Crippen LogP contribution in [0.25, 0.3) is 0 Å². The van der Waals surface area contributed by atoms with E-state index in [1.54, 1.807) is 7.11 Å². The van der Waals surface area contributed by atoms with Gasteiger partial charge in [0.25, 0.3) is 0 Å². The average Bonchev–Trinajstić information content (AvgIpc) is 2.13. The summed E-state index contributed by atoms with van der Waals surface area (Å²) < 4.78 is 9.85. The summed E-state index contributed by atoms with van der Waals surface area (Å²) in [7, 11) is 3.07. The molecule has 3 nitrogen and oxygen atoms in total. The third-order valence-electron chi connectivity index (χ3n) is 2.13. The summed E-state index contributed by atoms with van der Waals surface area (Å²) in [5, 5.41) is 0. The number of hydrogen-bond donors (Lipinski definition) is 0. The summed E-state index contributed by atoms with van der Waals surface area (Å²) in [5.41, 5.74) is 0.984. The van der Waals surface area contributed by atoms with Crippen LogP contribution < -0.4 is 0 Å². The fourth-order valence-corrected chi connectivity index (χ4v) is 1.23. The Morgan fingerprint density at radius 3 is 2.29 bits per heavy atom. The monoisotopic (exact) mass is 200 g/mol. The minimum atomic E-state index is -0.305. The van der Waals surface area contributed by atoms with Crippen molar-refractivity contribution < 1.29 is 14.3 Å². The standard InChI is InChI=1S/C11H20O3/c1-8(2)10(13-4)6-9(3)7-11(12)14-5/h7-8,10H,6H2,1-5H3/b9-7-. The fraction of sp³-hybridized carbons (Fsp3) is 0.727. The number of esters is 1. The van der Waals surface area contributed by atoms with E-state index in [1.165, 1.54) is 13.2 Å². The zero-order valence-corrected chi connectivity index (χ0v) is 9.66. The lowest BCUT2D eigenvalue weighted by atomic mass is 10.00. The van der Waals surface area contributed by atoms with Crippen molar-refractivity contribution in [2.45, 2.75) is 33.3 Å². The van der Waals surface area contributed by atoms with Crippen LogP contribution in [0.15, 0.2) is 11.6 Å². The predicted molar refractivity (Wildman–Crippen MR) is 56.0 cm³/mol. The molecule has 3 heteroatoms. The molecule has 0 aromatic carbocycles. The van der Waals surface area contributed by atoms with Crippen molar-refractivity contribution in [2.24, 2.45) is 5.92 Å². The zero-order chi connectivity index (χ0) is 11.1. The lowest BCUT2D eigenvalue weighted by molar-refractivity contribution is -0.134. The highest BCUT2D eigenvalue weighted by molar-refractivity contribution is 5.82. The first-order chi connectivity index (χ1) is 6.51. The van der Waals surface area contributed by atoms with Gasteiger partial charge in [0.1, 0.15) is 0 Å². The average molecular weight is 200 g/mol. The molecule has 82 valence electrons. The number of methoxy groups -OCH3 is 2. The number of carbonyl (C=O) groups is 1. The first-order valence-corrected chi connectivity index (χ1v) is 4.79. The Morgan fingerprint density at radius 2 is 1.93 bits per heavy atom. The molecule has 0 bridgehead atoms. The van der Waals surface area contributed by atoms with Crippen LogP contribution in [0.1, 0.15) is 27.2 Å². The largest absolute Gasteiger partial charge is 0.466 e. The van der Waals surface area contributed by atoms with Crippen molar-refractivity contribution in [2.75, 3.05) is 14.2 Å². The van der Waals surface area contributed by atoms with Crippen LogP contribution in [-0.4, -0.2) is 26.3 Å².